The van der Waals surface area contributed by atoms with E-state index in [0.29, 0.717) is 5.92 Å². The van der Waals surface area contributed by atoms with Crippen LogP contribution in [0.2, 0.25) is 5.02 Å². The molecule has 0 aliphatic heterocycles. The molecule has 0 spiro atoms. The number of aromatic nitrogens is 2. The van der Waals surface area contributed by atoms with Gasteiger partial charge in [0.15, 0.2) is 0 Å². The van der Waals surface area contributed by atoms with Crippen LogP contribution in [-0.4, -0.2) is 15.1 Å². The molecule has 0 amide bonds. The molecule has 2 rings (SSSR count). The number of alkyl halides is 1. The Hall–Kier alpha value is -0.320. The van der Waals surface area contributed by atoms with Gasteiger partial charge in [-0.3, -0.25) is 4.68 Å². The van der Waals surface area contributed by atoms with Gasteiger partial charge in [0, 0.05) is 16.9 Å². The highest BCUT2D eigenvalue weighted by Gasteiger charge is 2.17. The Balaban J connectivity index is 2.13. The minimum atomic E-state index is 0.497. The van der Waals surface area contributed by atoms with Crippen molar-refractivity contribution in [2.45, 2.75) is 19.8 Å². The van der Waals surface area contributed by atoms with Crippen molar-refractivity contribution in [3.63, 3.8) is 0 Å². The average Bonchev–Trinajstić information content (AvgIpc) is 2.64. The molecule has 0 bridgehead atoms. The van der Waals surface area contributed by atoms with Crippen LogP contribution in [0, 0.1) is 12.8 Å². The number of hydrogen-bond acceptors (Lipinski definition) is 1. The summed E-state index contributed by atoms with van der Waals surface area (Å²) in [7, 11) is 1.96. The van der Waals surface area contributed by atoms with E-state index in [9.17, 15) is 0 Å². The van der Waals surface area contributed by atoms with E-state index in [-0.39, 0.29) is 0 Å². The van der Waals surface area contributed by atoms with Crippen molar-refractivity contribution in [2.75, 3.05) is 5.33 Å². The van der Waals surface area contributed by atoms with Crippen LogP contribution >= 0.6 is 43.5 Å². The number of aryl methyl sites for hydroxylation is 2. The lowest BCUT2D eigenvalue weighted by Crippen LogP contribution is -2.13. The van der Waals surface area contributed by atoms with E-state index in [1.54, 1.807) is 0 Å². The second-order valence-electron chi connectivity index (χ2n) is 5.03. The summed E-state index contributed by atoms with van der Waals surface area (Å²) in [5.41, 5.74) is 3.35. The standard InChI is InChI=1S/C15H17Br2ClN2/c1-10-15(18)14(20(2)19-10)8-12(9-16)6-11-4-3-5-13(17)7-11/h3-5,7,12H,6,8-9H2,1-2H3. The van der Waals surface area contributed by atoms with Crippen LogP contribution in [0.3, 0.4) is 0 Å². The van der Waals surface area contributed by atoms with Gasteiger partial charge >= 0.3 is 0 Å². The largest absolute Gasteiger partial charge is 0.271 e. The third kappa shape index (κ3) is 3.86. The van der Waals surface area contributed by atoms with Crippen LogP contribution in [0.15, 0.2) is 28.7 Å². The predicted molar refractivity (Wildman–Crippen MR) is 91.8 cm³/mol. The van der Waals surface area contributed by atoms with Crippen molar-refractivity contribution < 1.29 is 0 Å². The van der Waals surface area contributed by atoms with Crippen LogP contribution < -0.4 is 0 Å². The minimum Gasteiger partial charge on any atom is -0.271 e. The normalized spacial score (nSPS) is 12.7. The SMILES string of the molecule is Cc1nn(C)c(CC(CBr)Cc2cccc(Br)c2)c1Cl. The fourth-order valence-corrected chi connectivity index (χ4v) is 3.50. The van der Waals surface area contributed by atoms with Gasteiger partial charge in [0.1, 0.15) is 0 Å². The summed E-state index contributed by atoms with van der Waals surface area (Å²) in [6.07, 6.45) is 1.94. The Morgan fingerprint density at radius 2 is 2.10 bits per heavy atom. The fourth-order valence-electron chi connectivity index (χ4n) is 2.35. The Kier molecular flexibility index (Phi) is 5.70. The van der Waals surface area contributed by atoms with Crippen molar-refractivity contribution in [3.8, 4) is 0 Å². The zero-order chi connectivity index (χ0) is 14.7. The van der Waals surface area contributed by atoms with Crippen molar-refractivity contribution in [3.05, 3.63) is 50.7 Å². The molecule has 0 aliphatic rings. The molecule has 1 aromatic carbocycles. The second-order valence-corrected chi connectivity index (χ2v) is 6.97. The summed E-state index contributed by atoms with van der Waals surface area (Å²) in [5, 5.41) is 6.12. The first kappa shape index (κ1) is 16.1. The summed E-state index contributed by atoms with van der Waals surface area (Å²) in [5.74, 6) is 0.497. The second kappa shape index (κ2) is 7.10. The molecule has 1 atom stereocenters. The number of halogens is 3. The van der Waals surface area contributed by atoms with E-state index in [1.165, 1.54) is 5.56 Å². The third-order valence-corrected chi connectivity index (χ3v) is 5.28. The molecule has 2 aromatic rings. The average molecular weight is 421 g/mol. The minimum absolute atomic E-state index is 0.497. The first-order chi connectivity index (χ1) is 9.51. The van der Waals surface area contributed by atoms with E-state index in [1.807, 2.05) is 24.7 Å². The van der Waals surface area contributed by atoms with E-state index in [4.69, 9.17) is 11.6 Å². The number of nitrogens with zero attached hydrogens (tertiary/aromatic N) is 2. The first-order valence-corrected chi connectivity index (χ1v) is 8.79. The Bertz CT molecular complexity index is 596. The molecule has 0 saturated carbocycles. The van der Waals surface area contributed by atoms with Gasteiger partial charge in [0.2, 0.25) is 0 Å². The molecule has 0 saturated heterocycles. The topological polar surface area (TPSA) is 17.8 Å². The highest BCUT2D eigenvalue weighted by Crippen LogP contribution is 2.25. The fraction of sp³-hybridized carbons (Fsp3) is 0.400. The third-order valence-electron chi connectivity index (χ3n) is 3.38. The summed E-state index contributed by atoms with van der Waals surface area (Å²) < 4.78 is 3.02. The van der Waals surface area contributed by atoms with Gasteiger partial charge in [-0.1, -0.05) is 55.6 Å². The van der Waals surface area contributed by atoms with Crippen molar-refractivity contribution in [1.82, 2.24) is 9.78 Å². The highest BCUT2D eigenvalue weighted by molar-refractivity contribution is 9.10. The molecule has 0 aliphatic carbocycles. The van der Waals surface area contributed by atoms with Crippen molar-refractivity contribution in [2.24, 2.45) is 13.0 Å². The van der Waals surface area contributed by atoms with Gasteiger partial charge in [-0.25, -0.2) is 0 Å². The summed E-state index contributed by atoms with van der Waals surface area (Å²) in [4.78, 5) is 0. The molecule has 1 unspecified atom stereocenters. The number of rotatable bonds is 5. The van der Waals surface area contributed by atoms with E-state index in [2.05, 4.69) is 55.2 Å². The molecular formula is C15H17Br2ClN2. The number of hydrogen-bond donors (Lipinski definition) is 0. The van der Waals surface area contributed by atoms with E-state index < -0.39 is 0 Å². The van der Waals surface area contributed by atoms with Gasteiger partial charge < -0.3 is 0 Å². The van der Waals surface area contributed by atoms with Crippen LogP contribution in [0.4, 0.5) is 0 Å². The molecule has 0 fully saturated rings. The lowest BCUT2D eigenvalue weighted by Gasteiger charge is -2.15. The molecule has 5 heteroatoms. The van der Waals surface area contributed by atoms with Crippen molar-refractivity contribution >= 4 is 43.5 Å². The van der Waals surface area contributed by atoms with Gasteiger partial charge in [-0.2, -0.15) is 5.10 Å². The quantitative estimate of drug-likeness (QED) is 0.627. The smallest absolute Gasteiger partial charge is 0.0847 e. The Morgan fingerprint density at radius 1 is 1.35 bits per heavy atom. The lowest BCUT2D eigenvalue weighted by molar-refractivity contribution is 0.557. The zero-order valence-corrected chi connectivity index (χ0v) is 15.5. The van der Waals surface area contributed by atoms with Crippen LogP contribution in [-0.2, 0) is 19.9 Å². The van der Waals surface area contributed by atoms with E-state index >= 15 is 0 Å². The van der Waals surface area contributed by atoms with Crippen LogP contribution in [0.1, 0.15) is 17.0 Å². The molecular weight excluding hydrogens is 403 g/mol. The summed E-state index contributed by atoms with van der Waals surface area (Å²) >= 11 is 13.5. The molecule has 108 valence electrons. The Labute approximate surface area is 141 Å². The maximum Gasteiger partial charge on any atom is 0.0847 e. The molecule has 0 N–H and O–H groups in total. The molecule has 20 heavy (non-hydrogen) atoms. The molecule has 1 aromatic heterocycles. The highest BCUT2D eigenvalue weighted by atomic mass is 79.9. The Morgan fingerprint density at radius 3 is 2.65 bits per heavy atom. The van der Waals surface area contributed by atoms with Crippen molar-refractivity contribution in [1.29, 1.82) is 0 Å². The van der Waals surface area contributed by atoms with Gasteiger partial charge in [0.25, 0.3) is 0 Å². The van der Waals surface area contributed by atoms with E-state index in [0.717, 1.165) is 39.1 Å². The van der Waals surface area contributed by atoms with Crippen LogP contribution in [0.5, 0.6) is 0 Å². The number of benzene rings is 1. The lowest BCUT2D eigenvalue weighted by atomic mass is 9.96. The van der Waals surface area contributed by atoms with Gasteiger partial charge in [-0.15, -0.1) is 0 Å². The van der Waals surface area contributed by atoms with Gasteiger partial charge in [-0.05, 0) is 43.4 Å². The maximum absolute atomic E-state index is 6.34. The predicted octanol–water partition coefficient (Wildman–Crippen LogP) is 4.94. The molecule has 0 radical (unpaired) electrons. The summed E-state index contributed by atoms with van der Waals surface area (Å²) in [6.45, 7) is 1.95. The van der Waals surface area contributed by atoms with Gasteiger partial charge in [0.05, 0.1) is 16.4 Å². The first-order valence-electron chi connectivity index (χ1n) is 6.49. The maximum atomic E-state index is 6.34. The summed E-state index contributed by atoms with van der Waals surface area (Å²) in [6, 6.07) is 8.46. The zero-order valence-electron chi connectivity index (χ0n) is 11.5. The molecule has 1 heterocycles. The van der Waals surface area contributed by atoms with Crippen LogP contribution in [0.25, 0.3) is 0 Å². The molecule has 2 nitrogen and oxygen atoms in total. The monoisotopic (exact) mass is 418 g/mol.